The fourth-order valence-corrected chi connectivity index (χ4v) is 2.41. The van der Waals surface area contributed by atoms with Crippen molar-refractivity contribution in [3.8, 4) is 5.69 Å². The highest BCUT2D eigenvalue weighted by molar-refractivity contribution is 6.05. The van der Waals surface area contributed by atoms with Gasteiger partial charge in [-0.3, -0.25) is 9.78 Å². The molecule has 28 heavy (non-hydrogen) atoms. The van der Waals surface area contributed by atoms with Crippen molar-refractivity contribution < 1.29 is 31.1 Å². The van der Waals surface area contributed by atoms with E-state index in [0.717, 1.165) is 12.3 Å². The second kappa shape index (κ2) is 6.98. The maximum absolute atomic E-state index is 13.5. The number of alkyl halides is 6. The lowest BCUT2D eigenvalue weighted by Crippen LogP contribution is -2.21. The van der Waals surface area contributed by atoms with Crippen LogP contribution in [-0.2, 0) is 12.4 Å². The Morgan fingerprint density at radius 3 is 2.25 bits per heavy atom. The summed E-state index contributed by atoms with van der Waals surface area (Å²) in [6.45, 7) is 0. The molecule has 0 bridgehead atoms. The third kappa shape index (κ3) is 3.97. The van der Waals surface area contributed by atoms with E-state index >= 15 is 0 Å². The molecule has 0 fully saturated rings. The first-order valence-electron chi connectivity index (χ1n) is 7.62. The first-order valence-corrected chi connectivity index (χ1v) is 7.62. The zero-order valence-corrected chi connectivity index (χ0v) is 13.7. The standard InChI is InChI=1S/C17H10F6N4O/c18-16(19,20)13-8-10(6-7-24-13)26-15(28)12-9-25-27(14(12)17(21,22)23)11-4-2-1-3-5-11/h1-9H,(H,24,26,28). The van der Waals surface area contributed by atoms with Crippen LogP contribution in [0.1, 0.15) is 21.7 Å². The summed E-state index contributed by atoms with van der Waals surface area (Å²) in [6, 6.07) is 8.86. The van der Waals surface area contributed by atoms with Gasteiger partial charge >= 0.3 is 12.4 Å². The van der Waals surface area contributed by atoms with E-state index in [0.29, 0.717) is 16.9 Å². The van der Waals surface area contributed by atoms with Crippen LogP contribution in [0.3, 0.4) is 0 Å². The average Bonchev–Trinajstić information content (AvgIpc) is 3.08. The summed E-state index contributed by atoms with van der Waals surface area (Å²) in [5.41, 5.74) is -3.76. The van der Waals surface area contributed by atoms with E-state index in [1.807, 2.05) is 5.32 Å². The first-order chi connectivity index (χ1) is 13.1. The van der Waals surface area contributed by atoms with Crippen molar-refractivity contribution in [3.63, 3.8) is 0 Å². The monoisotopic (exact) mass is 400 g/mol. The Bertz CT molecular complexity index is 995. The molecule has 2 aromatic heterocycles. The number of amides is 1. The second-order valence-electron chi connectivity index (χ2n) is 5.53. The van der Waals surface area contributed by atoms with Crippen LogP contribution in [0.25, 0.3) is 5.69 Å². The maximum atomic E-state index is 13.5. The minimum absolute atomic E-state index is 0.0668. The summed E-state index contributed by atoms with van der Waals surface area (Å²) >= 11 is 0. The predicted molar refractivity (Wildman–Crippen MR) is 85.8 cm³/mol. The minimum Gasteiger partial charge on any atom is -0.322 e. The van der Waals surface area contributed by atoms with Crippen LogP contribution in [0.5, 0.6) is 0 Å². The molecule has 0 saturated heterocycles. The van der Waals surface area contributed by atoms with E-state index < -0.39 is 35.2 Å². The Kier molecular flexibility index (Phi) is 4.84. The van der Waals surface area contributed by atoms with E-state index in [9.17, 15) is 31.1 Å². The van der Waals surface area contributed by atoms with Crippen molar-refractivity contribution >= 4 is 11.6 Å². The first kappa shape index (κ1) is 19.4. The molecule has 11 heteroatoms. The molecule has 0 radical (unpaired) electrons. The van der Waals surface area contributed by atoms with Gasteiger partial charge in [-0.1, -0.05) is 18.2 Å². The summed E-state index contributed by atoms with van der Waals surface area (Å²) in [5, 5.41) is 5.63. The second-order valence-corrected chi connectivity index (χ2v) is 5.53. The lowest BCUT2D eigenvalue weighted by Gasteiger charge is -2.13. The summed E-state index contributed by atoms with van der Waals surface area (Å²) in [7, 11) is 0. The fraction of sp³-hybridized carbons (Fsp3) is 0.118. The van der Waals surface area contributed by atoms with Crippen LogP contribution in [0.2, 0.25) is 0 Å². The number of para-hydroxylation sites is 1. The molecule has 0 aliphatic carbocycles. The van der Waals surface area contributed by atoms with Gasteiger partial charge in [0.2, 0.25) is 0 Å². The van der Waals surface area contributed by atoms with Crippen LogP contribution < -0.4 is 5.32 Å². The number of aromatic nitrogens is 3. The highest BCUT2D eigenvalue weighted by atomic mass is 19.4. The third-order valence-electron chi connectivity index (χ3n) is 3.59. The lowest BCUT2D eigenvalue weighted by atomic mass is 10.2. The number of benzene rings is 1. The zero-order chi connectivity index (χ0) is 20.5. The van der Waals surface area contributed by atoms with Gasteiger partial charge in [0.05, 0.1) is 17.4 Å². The number of carbonyl (C=O) groups excluding carboxylic acids is 1. The van der Waals surface area contributed by atoms with Crippen molar-refractivity contribution in [2.24, 2.45) is 0 Å². The van der Waals surface area contributed by atoms with E-state index in [1.54, 1.807) is 6.07 Å². The number of rotatable bonds is 3. The van der Waals surface area contributed by atoms with Crippen LogP contribution in [0, 0.1) is 0 Å². The van der Waals surface area contributed by atoms with Gasteiger partial charge in [-0.2, -0.15) is 31.4 Å². The molecule has 0 aliphatic rings. The molecule has 0 spiro atoms. The topological polar surface area (TPSA) is 59.8 Å². The average molecular weight is 400 g/mol. The number of halogens is 6. The van der Waals surface area contributed by atoms with Gasteiger partial charge in [-0.25, -0.2) is 4.68 Å². The van der Waals surface area contributed by atoms with Crippen molar-refractivity contribution in [1.29, 1.82) is 0 Å². The molecule has 0 saturated carbocycles. The number of carbonyl (C=O) groups is 1. The van der Waals surface area contributed by atoms with E-state index in [2.05, 4.69) is 10.1 Å². The quantitative estimate of drug-likeness (QED) is 0.656. The Morgan fingerprint density at radius 1 is 0.964 bits per heavy atom. The van der Waals surface area contributed by atoms with Crippen LogP contribution in [0.4, 0.5) is 32.0 Å². The third-order valence-corrected chi connectivity index (χ3v) is 3.59. The van der Waals surface area contributed by atoms with Gasteiger partial charge in [0.25, 0.3) is 5.91 Å². The van der Waals surface area contributed by atoms with Gasteiger partial charge in [-0.05, 0) is 24.3 Å². The van der Waals surface area contributed by atoms with Gasteiger partial charge in [0, 0.05) is 11.9 Å². The molecular formula is C17H10F6N4O. The summed E-state index contributed by atoms with van der Waals surface area (Å²) < 4.78 is 79.3. The summed E-state index contributed by atoms with van der Waals surface area (Å²) in [4.78, 5) is 15.4. The molecule has 3 aromatic rings. The Morgan fingerprint density at radius 2 is 1.64 bits per heavy atom. The molecule has 146 valence electrons. The molecule has 0 unspecified atom stereocenters. The molecule has 1 amide bonds. The summed E-state index contributed by atoms with van der Waals surface area (Å²) in [5.74, 6) is -1.26. The Hall–Kier alpha value is -3.37. The molecule has 0 aliphatic heterocycles. The molecule has 1 N–H and O–H groups in total. The van der Waals surface area contributed by atoms with Gasteiger partial charge in [0.15, 0.2) is 5.69 Å². The molecule has 2 heterocycles. The molecule has 3 rings (SSSR count). The lowest BCUT2D eigenvalue weighted by molar-refractivity contribution is -0.143. The number of nitrogens with one attached hydrogen (secondary N) is 1. The number of hydrogen-bond acceptors (Lipinski definition) is 3. The number of hydrogen-bond donors (Lipinski definition) is 1. The molecular weight excluding hydrogens is 390 g/mol. The molecule has 0 atom stereocenters. The predicted octanol–water partition coefficient (Wildman–Crippen LogP) is 4.56. The Labute approximate surface area is 153 Å². The number of nitrogens with zero attached hydrogens (tertiary/aromatic N) is 3. The Balaban J connectivity index is 1.98. The van der Waals surface area contributed by atoms with Crippen molar-refractivity contribution in [1.82, 2.24) is 14.8 Å². The maximum Gasteiger partial charge on any atom is 0.434 e. The van der Waals surface area contributed by atoms with Crippen LogP contribution in [0.15, 0.2) is 54.9 Å². The van der Waals surface area contributed by atoms with E-state index in [1.165, 1.54) is 24.3 Å². The fourth-order valence-electron chi connectivity index (χ4n) is 2.41. The minimum atomic E-state index is -4.94. The van der Waals surface area contributed by atoms with Crippen molar-refractivity contribution in [3.05, 3.63) is 71.8 Å². The normalized spacial score (nSPS) is 12.1. The molecule has 1 aromatic carbocycles. The van der Waals surface area contributed by atoms with E-state index in [-0.39, 0.29) is 11.4 Å². The van der Waals surface area contributed by atoms with Crippen molar-refractivity contribution in [2.45, 2.75) is 12.4 Å². The van der Waals surface area contributed by atoms with Gasteiger partial charge in [0.1, 0.15) is 5.69 Å². The zero-order valence-electron chi connectivity index (χ0n) is 13.7. The largest absolute Gasteiger partial charge is 0.434 e. The van der Waals surface area contributed by atoms with Gasteiger partial charge in [-0.15, -0.1) is 0 Å². The van der Waals surface area contributed by atoms with Crippen LogP contribution >= 0.6 is 0 Å². The van der Waals surface area contributed by atoms with E-state index in [4.69, 9.17) is 0 Å². The highest BCUT2D eigenvalue weighted by Gasteiger charge is 2.40. The molecule has 5 nitrogen and oxygen atoms in total. The highest BCUT2D eigenvalue weighted by Crippen LogP contribution is 2.34. The number of anilines is 1. The van der Waals surface area contributed by atoms with Crippen molar-refractivity contribution in [2.75, 3.05) is 5.32 Å². The van der Waals surface area contributed by atoms with Gasteiger partial charge < -0.3 is 5.32 Å². The summed E-state index contributed by atoms with van der Waals surface area (Å²) in [6.07, 6.45) is -8.21. The SMILES string of the molecule is O=C(Nc1ccnc(C(F)(F)F)c1)c1cnn(-c2ccccc2)c1C(F)(F)F. The smallest absolute Gasteiger partial charge is 0.322 e. The number of pyridine rings is 1. The van der Waals surface area contributed by atoms with Crippen LogP contribution in [-0.4, -0.2) is 20.7 Å².